The third-order valence-electron chi connectivity index (χ3n) is 6.13. The standard InChI is InChI=1S/C21H23FN2O4S/c22-15-2-6-19(7-3-15)29(25,26)23-16-10-17-4-5-18(11-16)24(17)12-14-1-8-20-21(9-14)28-13-27-20/h1-3,6-9,16-18,23H,4-5,10-13H2. The Balaban J connectivity index is 1.26. The van der Waals surface area contributed by atoms with E-state index in [1.807, 2.05) is 12.1 Å². The lowest BCUT2D eigenvalue weighted by Gasteiger charge is -2.39. The maximum atomic E-state index is 13.1. The van der Waals surface area contributed by atoms with Crippen molar-refractivity contribution in [2.45, 2.75) is 55.2 Å². The molecule has 2 saturated heterocycles. The van der Waals surface area contributed by atoms with Gasteiger partial charge in [0.25, 0.3) is 0 Å². The zero-order valence-electron chi connectivity index (χ0n) is 15.9. The van der Waals surface area contributed by atoms with Gasteiger partial charge in [0.05, 0.1) is 4.90 Å². The van der Waals surface area contributed by atoms with E-state index in [1.54, 1.807) is 0 Å². The molecule has 0 radical (unpaired) electrons. The third kappa shape index (κ3) is 3.72. The van der Waals surface area contributed by atoms with Crippen LogP contribution in [0.4, 0.5) is 4.39 Å². The summed E-state index contributed by atoms with van der Waals surface area (Å²) >= 11 is 0. The highest BCUT2D eigenvalue weighted by molar-refractivity contribution is 7.89. The number of rotatable bonds is 5. The highest BCUT2D eigenvalue weighted by atomic mass is 32.2. The number of hydrogen-bond donors (Lipinski definition) is 1. The number of sulfonamides is 1. The number of nitrogens with zero attached hydrogens (tertiary/aromatic N) is 1. The summed E-state index contributed by atoms with van der Waals surface area (Å²) in [6, 6.07) is 11.6. The summed E-state index contributed by atoms with van der Waals surface area (Å²) in [5, 5.41) is 0. The van der Waals surface area contributed by atoms with Crippen molar-refractivity contribution in [1.82, 2.24) is 9.62 Å². The van der Waals surface area contributed by atoms with Crippen molar-refractivity contribution in [3.8, 4) is 11.5 Å². The van der Waals surface area contributed by atoms with Crippen LogP contribution in [-0.2, 0) is 16.6 Å². The fourth-order valence-electron chi connectivity index (χ4n) is 4.78. The maximum absolute atomic E-state index is 13.1. The Kier molecular flexibility index (Phi) is 4.72. The molecule has 0 spiro atoms. The van der Waals surface area contributed by atoms with Gasteiger partial charge >= 0.3 is 0 Å². The highest BCUT2D eigenvalue weighted by Crippen LogP contribution is 2.39. The Morgan fingerprint density at radius 3 is 2.41 bits per heavy atom. The molecule has 2 aromatic rings. The van der Waals surface area contributed by atoms with Gasteiger partial charge in [-0.05, 0) is 67.6 Å². The molecule has 3 heterocycles. The minimum Gasteiger partial charge on any atom is -0.454 e. The molecular weight excluding hydrogens is 395 g/mol. The summed E-state index contributed by atoms with van der Waals surface area (Å²) < 4.78 is 52.1. The molecule has 0 aliphatic carbocycles. The van der Waals surface area contributed by atoms with Crippen molar-refractivity contribution in [1.29, 1.82) is 0 Å². The molecule has 3 aliphatic rings. The number of piperidine rings is 1. The van der Waals surface area contributed by atoms with Gasteiger partial charge in [0.2, 0.25) is 16.8 Å². The molecule has 2 unspecified atom stereocenters. The molecule has 2 atom stereocenters. The first-order valence-electron chi connectivity index (χ1n) is 9.90. The van der Waals surface area contributed by atoms with Gasteiger partial charge in [-0.15, -0.1) is 0 Å². The van der Waals surface area contributed by atoms with E-state index in [-0.39, 0.29) is 17.7 Å². The van der Waals surface area contributed by atoms with Gasteiger partial charge in [-0.3, -0.25) is 4.90 Å². The minimum atomic E-state index is -3.64. The molecule has 2 bridgehead atoms. The van der Waals surface area contributed by atoms with E-state index in [4.69, 9.17) is 9.47 Å². The molecule has 1 N–H and O–H groups in total. The van der Waals surface area contributed by atoms with Gasteiger partial charge in [0.1, 0.15) is 5.82 Å². The predicted molar refractivity (Wildman–Crippen MR) is 105 cm³/mol. The van der Waals surface area contributed by atoms with Crippen molar-refractivity contribution in [3.63, 3.8) is 0 Å². The van der Waals surface area contributed by atoms with Crippen LogP contribution in [0, 0.1) is 5.82 Å². The molecule has 2 fully saturated rings. The van der Waals surface area contributed by atoms with E-state index in [0.29, 0.717) is 12.1 Å². The molecule has 3 aliphatic heterocycles. The smallest absolute Gasteiger partial charge is 0.240 e. The van der Waals surface area contributed by atoms with Crippen LogP contribution < -0.4 is 14.2 Å². The van der Waals surface area contributed by atoms with Crippen molar-refractivity contribution in [2.24, 2.45) is 0 Å². The molecule has 6 nitrogen and oxygen atoms in total. The van der Waals surface area contributed by atoms with Crippen molar-refractivity contribution >= 4 is 10.0 Å². The van der Waals surface area contributed by atoms with Crippen LogP contribution in [0.15, 0.2) is 47.4 Å². The number of nitrogens with one attached hydrogen (secondary N) is 1. The third-order valence-corrected chi connectivity index (χ3v) is 7.67. The Bertz CT molecular complexity index is 998. The van der Waals surface area contributed by atoms with Crippen LogP contribution in [0.2, 0.25) is 0 Å². The summed E-state index contributed by atoms with van der Waals surface area (Å²) in [4.78, 5) is 2.59. The molecule has 8 heteroatoms. The van der Waals surface area contributed by atoms with Gasteiger partial charge < -0.3 is 9.47 Å². The second kappa shape index (κ2) is 7.27. The van der Waals surface area contributed by atoms with Crippen LogP contribution in [0.5, 0.6) is 11.5 Å². The summed E-state index contributed by atoms with van der Waals surface area (Å²) in [7, 11) is -3.64. The zero-order valence-corrected chi connectivity index (χ0v) is 16.7. The second-order valence-electron chi connectivity index (χ2n) is 7.99. The zero-order chi connectivity index (χ0) is 20.0. The van der Waals surface area contributed by atoms with Crippen LogP contribution >= 0.6 is 0 Å². The Hall–Kier alpha value is -2.16. The number of benzene rings is 2. The SMILES string of the molecule is O=S(=O)(NC1CC2CCC(C1)N2Cc1ccc2c(c1)OCO2)c1ccc(F)cc1. The van der Waals surface area contributed by atoms with Gasteiger partial charge in [-0.25, -0.2) is 17.5 Å². The molecular formula is C21H23FN2O4S. The summed E-state index contributed by atoms with van der Waals surface area (Å²) in [6.45, 7) is 1.09. The van der Waals surface area contributed by atoms with Crippen LogP contribution in [0.1, 0.15) is 31.2 Å². The molecule has 0 amide bonds. The van der Waals surface area contributed by atoms with Gasteiger partial charge in [0, 0.05) is 24.7 Å². The minimum absolute atomic E-state index is 0.101. The first-order valence-corrected chi connectivity index (χ1v) is 11.4. The van der Waals surface area contributed by atoms with Crippen molar-refractivity contribution < 1.29 is 22.3 Å². The van der Waals surface area contributed by atoms with E-state index in [2.05, 4.69) is 15.7 Å². The number of halogens is 1. The van der Waals surface area contributed by atoms with Gasteiger partial charge in [-0.1, -0.05) is 6.07 Å². The summed E-state index contributed by atoms with van der Waals surface area (Å²) in [5.41, 5.74) is 1.18. The second-order valence-corrected chi connectivity index (χ2v) is 9.70. The van der Waals surface area contributed by atoms with Crippen LogP contribution in [-0.4, -0.2) is 38.2 Å². The Morgan fingerprint density at radius 1 is 1.00 bits per heavy atom. The lowest BCUT2D eigenvalue weighted by atomic mass is 9.97. The molecule has 0 saturated carbocycles. The summed E-state index contributed by atoms with van der Waals surface area (Å²) in [6.07, 6.45) is 3.71. The molecule has 5 rings (SSSR count). The van der Waals surface area contributed by atoms with E-state index in [1.165, 1.54) is 29.8 Å². The first-order chi connectivity index (χ1) is 14.0. The molecule has 0 aromatic heterocycles. The average molecular weight is 418 g/mol. The largest absolute Gasteiger partial charge is 0.454 e. The fraction of sp³-hybridized carbons (Fsp3) is 0.429. The normalized spacial score (nSPS) is 26.0. The number of fused-ring (bicyclic) bond motifs is 3. The maximum Gasteiger partial charge on any atom is 0.240 e. The van der Waals surface area contributed by atoms with Crippen LogP contribution in [0.3, 0.4) is 0 Å². The molecule has 154 valence electrons. The van der Waals surface area contributed by atoms with Crippen LogP contribution in [0.25, 0.3) is 0 Å². The number of hydrogen-bond acceptors (Lipinski definition) is 5. The fourth-order valence-corrected chi connectivity index (χ4v) is 6.04. The molecule has 2 aromatic carbocycles. The first kappa shape index (κ1) is 18.8. The van der Waals surface area contributed by atoms with Gasteiger partial charge in [-0.2, -0.15) is 0 Å². The molecule has 29 heavy (non-hydrogen) atoms. The van der Waals surface area contributed by atoms with Crippen molar-refractivity contribution in [3.05, 3.63) is 53.8 Å². The van der Waals surface area contributed by atoms with E-state index in [9.17, 15) is 12.8 Å². The average Bonchev–Trinajstić information content (AvgIpc) is 3.23. The van der Waals surface area contributed by atoms with Crippen molar-refractivity contribution in [2.75, 3.05) is 6.79 Å². The van der Waals surface area contributed by atoms with E-state index in [0.717, 1.165) is 43.7 Å². The lowest BCUT2D eigenvalue weighted by molar-refractivity contribution is 0.115. The summed E-state index contributed by atoms with van der Waals surface area (Å²) in [5.74, 6) is 1.13. The topological polar surface area (TPSA) is 67.9 Å². The monoisotopic (exact) mass is 418 g/mol. The number of ether oxygens (including phenoxy) is 2. The highest BCUT2D eigenvalue weighted by Gasteiger charge is 2.41. The van der Waals surface area contributed by atoms with E-state index >= 15 is 0 Å². The van der Waals surface area contributed by atoms with E-state index < -0.39 is 15.8 Å². The Morgan fingerprint density at radius 2 is 1.69 bits per heavy atom. The van der Waals surface area contributed by atoms with Gasteiger partial charge in [0.15, 0.2) is 11.5 Å². The lowest BCUT2D eigenvalue weighted by Crippen LogP contribution is -2.49. The predicted octanol–water partition coefficient (Wildman–Crippen LogP) is 3.03. The Labute approximate surface area is 169 Å². The quantitative estimate of drug-likeness (QED) is 0.809.